The molecule has 0 saturated carbocycles. The number of piperazine rings is 2. The van der Waals surface area contributed by atoms with Crippen molar-refractivity contribution in [3.63, 3.8) is 0 Å². The third kappa shape index (κ3) is 2.13. The zero-order valence-corrected chi connectivity index (χ0v) is 10.6. The Bertz CT molecular complexity index is 460. The molecule has 2 saturated heterocycles. The highest BCUT2D eigenvalue weighted by atomic mass is 16.2. The van der Waals surface area contributed by atoms with Gasteiger partial charge in [-0.1, -0.05) is 24.3 Å². The normalized spacial score (nSPS) is 28.6. The minimum Gasteiger partial charge on any atom is -0.353 e. The Balaban J connectivity index is 1.77. The summed E-state index contributed by atoms with van der Waals surface area (Å²) < 4.78 is 0. The molecule has 2 atom stereocenters. The molecule has 2 N–H and O–H groups in total. The fourth-order valence-electron chi connectivity index (χ4n) is 2.91. The van der Waals surface area contributed by atoms with Crippen molar-refractivity contribution in [1.82, 2.24) is 15.5 Å². The molecule has 0 aromatic heterocycles. The number of amides is 1. The van der Waals surface area contributed by atoms with E-state index in [4.69, 9.17) is 0 Å². The number of carbonyl (C=O) groups is 1. The lowest BCUT2D eigenvalue weighted by molar-refractivity contribution is -0.126. The highest BCUT2D eigenvalue weighted by Gasteiger charge is 2.33. The van der Waals surface area contributed by atoms with E-state index in [2.05, 4.69) is 46.7 Å². The van der Waals surface area contributed by atoms with Crippen LogP contribution in [-0.2, 0) is 4.79 Å². The third-order valence-electron chi connectivity index (χ3n) is 3.98. The van der Waals surface area contributed by atoms with Gasteiger partial charge in [-0.05, 0) is 18.1 Å². The van der Waals surface area contributed by atoms with Crippen LogP contribution >= 0.6 is 0 Å². The second kappa shape index (κ2) is 4.71. The molecular weight excluding hydrogens is 226 g/mol. The van der Waals surface area contributed by atoms with E-state index in [9.17, 15) is 4.79 Å². The molecule has 1 amide bonds. The van der Waals surface area contributed by atoms with E-state index in [-0.39, 0.29) is 5.91 Å². The predicted molar refractivity (Wildman–Crippen MR) is 70.3 cm³/mol. The lowest BCUT2D eigenvalue weighted by atomic mass is 9.97. The maximum absolute atomic E-state index is 11.5. The molecule has 1 aromatic rings. The second-order valence-electron chi connectivity index (χ2n) is 5.20. The van der Waals surface area contributed by atoms with Gasteiger partial charge in [-0.25, -0.2) is 0 Å². The van der Waals surface area contributed by atoms with Gasteiger partial charge in [-0.15, -0.1) is 0 Å². The Kier molecular flexibility index (Phi) is 3.06. The standard InChI is InChI=1S/C14H19N3O/c1-10-4-2-3-5-12(10)13-8-17-9-14(18)16-7-11(17)6-15-13/h2-5,11,13,15H,6-9H2,1H3,(H,16,18). The average Bonchev–Trinajstić information content (AvgIpc) is 2.38. The van der Waals surface area contributed by atoms with Crippen LogP contribution in [0.5, 0.6) is 0 Å². The van der Waals surface area contributed by atoms with E-state index >= 15 is 0 Å². The van der Waals surface area contributed by atoms with Crippen LogP contribution in [0.4, 0.5) is 0 Å². The van der Waals surface area contributed by atoms with Crippen molar-refractivity contribution in [1.29, 1.82) is 0 Å². The summed E-state index contributed by atoms with van der Waals surface area (Å²) in [5, 5.41) is 6.52. The number of carbonyl (C=O) groups excluding carboxylic acids is 1. The molecule has 2 unspecified atom stereocenters. The first-order valence-corrected chi connectivity index (χ1v) is 6.53. The van der Waals surface area contributed by atoms with E-state index in [1.165, 1.54) is 11.1 Å². The Hall–Kier alpha value is -1.39. The average molecular weight is 245 g/mol. The number of hydrogen-bond donors (Lipinski definition) is 2. The first kappa shape index (κ1) is 11.7. The van der Waals surface area contributed by atoms with Gasteiger partial charge >= 0.3 is 0 Å². The van der Waals surface area contributed by atoms with Crippen molar-refractivity contribution in [2.45, 2.75) is 19.0 Å². The minimum atomic E-state index is 0.150. The molecule has 18 heavy (non-hydrogen) atoms. The highest BCUT2D eigenvalue weighted by Crippen LogP contribution is 2.23. The lowest BCUT2D eigenvalue weighted by Gasteiger charge is -2.43. The maximum Gasteiger partial charge on any atom is 0.234 e. The van der Waals surface area contributed by atoms with Gasteiger partial charge in [0.25, 0.3) is 0 Å². The predicted octanol–water partition coefficient (Wildman–Crippen LogP) is 0.440. The fraction of sp³-hybridized carbons (Fsp3) is 0.500. The molecule has 3 rings (SSSR count). The molecule has 0 bridgehead atoms. The Morgan fingerprint density at radius 3 is 2.94 bits per heavy atom. The number of aryl methyl sites for hydroxylation is 1. The molecule has 2 aliphatic heterocycles. The summed E-state index contributed by atoms with van der Waals surface area (Å²) in [7, 11) is 0. The molecule has 2 aliphatic rings. The Morgan fingerprint density at radius 2 is 2.11 bits per heavy atom. The number of nitrogens with one attached hydrogen (secondary N) is 2. The van der Waals surface area contributed by atoms with Gasteiger partial charge in [0.15, 0.2) is 0 Å². The fourth-order valence-corrected chi connectivity index (χ4v) is 2.91. The topological polar surface area (TPSA) is 44.4 Å². The van der Waals surface area contributed by atoms with E-state index in [0.717, 1.165) is 19.6 Å². The highest BCUT2D eigenvalue weighted by molar-refractivity contribution is 5.79. The van der Waals surface area contributed by atoms with Crippen LogP contribution < -0.4 is 10.6 Å². The lowest BCUT2D eigenvalue weighted by Crippen LogP contribution is -2.62. The molecule has 2 heterocycles. The van der Waals surface area contributed by atoms with Gasteiger partial charge in [0.1, 0.15) is 0 Å². The molecule has 0 aliphatic carbocycles. The van der Waals surface area contributed by atoms with Crippen molar-refractivity contribution in [3.05, 3.63) is 35.4 Å². The number of hydrogen-bond acceptors (Lipinski definition) is 3. The largest absolute Gasteiger partial charge is 0.353 e. The second-order valence-corrected chi connectivity index (χ2v) is 5.20. The van der Waals surface area contributed by atoms with Crippen LogP contribution in [0.25, 0.3) is 0 Å². The zero-order chi connectivity index (χ0) is 12.5. The number of fused-ring (bicyclic) bond motifs is 1. The third-order valence-corrected chi connectivity index (χ3v) is 3.98. The first-order chi connectivity index (χ1) is 8.74. The SMILES string of the molecule is Cc1ccccc1C1CN2CC(=O)NCC2CN1. The molecule has 2 fully saturated rings. The Labute approximate surface area is 107 Å². The van der Waals surface area contributed by atoms with Crippen LogP contribution in [0.3, 0.4) is 0 Å². The summed E-state index contributed by atoms with van der Waals surface area (Å²) in [6.07, 6.45) is 0. The summed E-state index contributed by atoms with van der Waals surface area (Å²) >= 11 is 0. The van der Waals surface area contributed by atoms with Crippen LogP contribution in [-0.4, -0.2) is 43.0 Å². The number of rotatable bonds is 1. The Morgan fingerprint density at radius 1 is 1.28 bits per heavy atom. The van der Waals surface area contributed by atoms with Crippen LogP contribution in [0.1, 0.15) is 17.2 Å². The minimum absolute atomic E-state index is 0.150. The summed E-state index contributed by atoms with van der Waals surface area (Å²) in [6.45, 7) is 5.31. The number of nitrogens with zero attached hydrogens (tertiary/aromatic N) is 1. The first-order valence-electron chi connectivity index (χ1n) is 6.53. The van der Waals surface area contributed by atoms with Crippen molar-refractivity contribution in [2.24, 2.45) is 0 Å². The summed E-state index contributed by atoms with van der Waals surface area (Å²) in [4.78, 5) is 13.8. The quantitative estimate of drug-likeness (QED) is 0.754. The monoisotopic (exact) mass is 245 g/mol. The zero-order valence-electron chi connectivity index (χ0n) is 10.6. The van der Waals surface area contributed by atoms with Gasteiger partial charge in [0.2, 0.25) is 5.91 Å². The molecule has 96 valence electrons. The van der Waals surface area contributed by atoms with Crippen molar-refractivity contribution in [3.8, 4) is 0 Å². The summed E-state index contributed by atoms with van der Waals surface area (Å²) in [6, 6.07) is 9.26. The van der Waals surface area contributed by atoms with E-state index in [1.54, 1.807) is 0 Å². The maximum atomic E-state index is 11.5. The number of benzene rings is 1. The molecule has 1 aromatic carbocycles. The van der Waals surface area contributed by atoms with Gasteiger partial charge in [0.05, 0.1) is 6.54 Å². The van der Waals surface area contributed by atoms with Crippen molar-refractivity contribution < 1.29 is 4.79 Å². The van der Waals surface area contributed by atoms with E-state index in [1.807, 2.05) is 0 Å². The van der Waals surface area contributed by atoms with Crippen LogP contribution in [0, 0.1) is 6.92 Å². The molecular formula is C14H19N3O. The van der Waals surface area contributed by atoms with E-state index < -0.39 is 0 Å². The van der Waals surface area contributed by atoms with E-state index in [0.29, 0.717) is 18.6 Å². The van der Waals surface area contributed by atoms with Gasteiger partial charge in [0, 0.05) is 31.7 Å². The molecule has 0 spiro atoms. The van der Waals surface area contributed by atoms with Gasteiger partial charge in [-0.2, -0.15) is 0 Å². The van der Waals surface area contributed by atoms with Crippen molar-refractivity contribution in [2.75, 3.05) is 26.2 Å². The summed E-state index contributed by atoms with van der Waals surface area (Å²) in [5.41, 5.74) is 2.66. The molecule has 0 radical (unpaired) electrons. The summed E-state index contributed by atoms with van der Waals surface area (Å²) in [5.74, 6) is 0.150. The van der Waals surface area contributed by atoms with Gasteiger partial charge in [-0.3, -0.25) is 9.69 Å². The van der Waals surface area contributed by atoms with Gasteiger partial charge < -0.3 is 10.6 Å². The smallest absolute Gasteiger partial charge is 0.234 e. The van der Waals surface area contributed by atoms with Crippen LogP contribution in [0.15, 0.2) is 24.3 Å². The molecule has 4 nitrogen and oxygen atoms in total. The van der Waals surface area contributed by atoms with Crippen LogP contribution in [0.2, 0.25) is 0 Å². The van der Waals surface area contributed by atoms with Crippen molar-refractivity contribution >= 4 is 5.91 Å². The molecule has 4 heteroatoms.